The van der Waals surface area contributed by atoms with Crippen molar-refractivity contribution in [1.29, 1.82) is 0 Å². The van der Waals surface area contributed by atoms with Crippen molar-refractivity contribution in [3.05, 3.63) is 41.6 Å². The van der Waals surface area contributed by atoms with E-state index in [1.54, 1.807) is 18.2 Å². The van der Waals surface area contributed by atoms with E-state index in [1.807, 2.05) is 13.0 Å². The quantitative estimate of drug-likeness (QED) is 0.815. The van der Waals surface area contributed by atoms with Gasteiger partial charge in [0.15, 0.2) is 0 Å². The summed E-state index contributed by atoms with van der Waals surface area (Å²) in [6.45, 7) is 2.74. The highest BCUT2D eigenvalue weighted by Gasteiger charge is 2.29. The topological polar surface area (TPSA) is 105 Å². The molecule has 1 aliphatic heterocycles. The van der Waals surface area contributed by atoms with Gasteiger partial charge in [0, 0.05) is 11.9 Å². The summed E-state index contributed by atoms with van der Waals surface area (Å²) in [6, 6.07) is 7.08. The number of hydrogen-bond acceptors (Lipinski definition) is 5. The first-order valence-electron chi connectivity index (χ1n) is 6.98. The van der Waals surface area contributed by atoms with Gasteiger partial charge in [0.2, 0.25) is 5.91 Å². The molecule has 1 amide bonds. The maximum Gasteiger partial charge on any atom is 0.344 e. The number of carbonyl (C=O) groups excluding carboxylic acids is 2. The smallest absolute Gasteiger partial charge is 0.344 e. The van der Waals surface area contributed by atoms with Crippen molar-refractivity contribution in [2.75, 3.05) is 19.0 Å². The molecule has 1 heterocycles. The van der Waals surface area contributed by atoms with Crippen LogP contribution in [0.15, 0.2) is 40.4 Å². The Morgan fingerprint density at radius 1 is 1.29 bits per heavy atom. The molecule has 0 radical (unpaired) electrons. The van der Waals surface area contributed by atoms with Gasteiger partial charge in [-0.1, -0.05) is 12.1 Å². The van der Waals surface area contributed by atoms with E-state index < -0.39 is 28.6 Å². The van der Waals surface area contributed by atoms with Crippen LogP contribution < -0.4 is 5.32 Å². The molecule has 1 aromatic carbocycles. The Balaban J connectivity index is 2.19. The lowest BCUT2D eigenvalue weighted by atomic mass is 10.2. The fraction of sp³-hybridized carbons (Fsp3) is 0.267. The molecule has 0 saturated heterocycles. The van der Waals surface area contributed by atoms with E-state index in [9.17, 15) is 18.0 Å². The molecule has 0 spiro atoms. The number of carbonyl (C=O) groups is 2. The standard InChI is InChI=1S/C15H17N3O5S/c1-10-5-4-6-12(7-10)16-14(19)9-18-8-13(15(20)23-3)11(2)17-24(18,21)22/h4-8H,9H2,1-3H3,(H,16,19). The highest BCUT2D eigenvalue weighted by atomic mass is 32.2. The van der Waals surface area contributed by atoms with Crippen LogP contribution in [0.3, 0.4) is 0 Å². The predicted octanol–water partition coefficient (Wildman–Crippen LogP) is 1.01. The van der Waals surface area contributed by atoms with Gasteiger partial charge in [-0.3, -0.25) is 4.79 Å². The zero-order valence-electron chi connectivity index (χ0n) is 13.4. The van der Waals surface area contributed by atoms with Crippen molar-refractivity contribution in [1.82, 2.24) is 4.31 Å². The lowest BCUT2D eigenvalue weighted by Gasteiger charge is -2.22. The zero-order chi connectivity index (χ0) is 17.9. The summed E-state index contributed by atoms with van der Waals surface area (Å²) in [5.41, 5.74) is 1.49. The van der Waals surface area contributed by atoms with E-state index in [-0.39, 0.29) is 11.3 Å². The molecular weight excluding hydrogens is 334 g/mol. The Labute approximate surface area is 140 Å². The summed E-state index contributed by atoms with van der Waals surface area (Å²) in [5, 5.41) is 2.60. The maximum absolute atomic E-state index is 12.1. The van der Waals surface area contributed by atoms with E-state index in [0.717, 1.165) is 11.8 Å². The summed E-state index contributed by atoms with van der Waals surface area (Å²) in [4.78, 5) is 23.8. The number of methoxy groups -OCH3 is 1. The van der Waals surface area contributed by atoms with Gasteiger partial charge in [-0.25, -0.2) is 9.10 Å². The van der Waals surface area contributed by atoms with Crippen LogP contribution >= 0.6 is 0 Å². The van der Waals surface area contributed by atoms with E-state index in [4.69, 9.17) is 0 Å². The van der Waals surface area contributed by atoms with Crippen LogP contribution in [0.2, 0.25) is 0 Å². The first-order chi connectivity index (χ1) is 11.2. The lowest BCUT2D eigenvalue weighted by Crippen LogP contribution is -2.37. The number of amides is 1. The normalized spacial score (nSPS) is 16.0. The minimum atomic E-state index is -4.07. The molecule has 2 rings (SSSR count). The van der Waals surface area contributed by atoms with E-state index >= 15 is 0 Å². The van der Waals surface area contributed by atoms with E-state index in [2.05, 4.69) is 14.5 Å². The van der Waals surface area contributed by atoms with Crippen LogP contribution in [0.1, 0.15) is 12.5 Å². The third-order valence-electron chi connectivity index (χ3n) is 3.22. The monoisotopic (exact) mass is 351 g/mol. The first kappa shape index (κ1) is 17.7. The molecule has 0 bridgehead atoms. The molecule has 0 fully saturated rings. The van der Waals surface area contributed by atoms with Gasteiger partial charge in [0.25, 0.3) is 0 Å². The van der Waals surface area contributed by atoms with Crippen LogP contribution in [0.25, 0.3) is 0 Å². The second kappa shape index (κ2) is 6.83. The van der Waals surface area contributed by atoms with Gasteiger partial charge in [-0.2, -0.15) is 8.42 Å². The van der Waals surface area contributed by atoms with Crippen LogP contribution in [-0.2, 0) is 24.5 Å². The number of anilines is 1. The van der Waals surface area contributed by atoms with Gasteiger partial charge >= 0.3 is 16.2 Å². The fourth-order valence-electron chi connectivity index (χ4n) is 2.08. The Morgan fingerprint density at radius 2 is 2.00 bits per heavy atom. The van der Waals surface area contributed by atoms with Gasteiger partial charge in [0.05, 0.1) is 18.4 Å². The fourth-order valence-corrected chi connectivity index (χ4v) is 3.15. The Morgan fingerprint density at radius 3 is 2.62 bits per heavy atom. The predicted molar refractivity (Wildman–Crippen MR) is 88.6 cm³/mol. The Kier molecular flexibility index (Phi) is 5.03. The molecule has 1 aromatic rings. The molecule has 0 unspecified atom stereocenters. The average Bonchev–Trinajstić information content (AvgIpc) is 2.48. The SMILES string of the molecule is COC(=O)C1=CN(CC(=O)Nc2cccc(C)c2)S(=O)(=O)N=C1C. The molecule has 9 heteroatoms. The molecular formula is C15H17N3O5S. The summed E-state index contributed by atoms with van der Waals surface area (Å²) >= 11 is 0. The highest BCUT2D eigenvalue weighted by molar-refractivity contribution is 7.88. The number of esters is 1. The molecule has 0 aromatic heterocycles. The minimum Gasteiger partial charge on any atom is -0.465 e. The Hall–Kier alpha value is -2.68. The second-order valence-corrected chi connectivity index (χ2v) is 6.70. The van der Waals surface area contributed by atoms with Crippen LogP contribution in [0.4, 0.5) is 5.69 Å². The third-order valence-corrected chi connectivity index (χ3v) is 4.55. The van der Waals surface area contributed by atoms with Crippen molar-refractivity contribution in [3.8, 4) is 0 Å². The van der Waals surface area contributed by atoms with Crippen LogP contribution in [0, 0.1) is 6.92 Å². The van der Waals surface area contributed by atoms with Crippen molar-refractivity contribution in [2.24, 2.45) is 4.40 Å². The highest BCUT2D eigenvalue weighted by Crippen LogP contribution is 2.17. The third kappa shape index (κ3) is 3.99. The van der Waals surface area contributed by atoms with Crippen molar-refractivity contribution in [2.45, 2.75) is 13.8 Å². The number of nitrogens with one attached hydrogen (secondary N) is 1. The van der Waals surface area contributed by atoms with Crippen molar-refractivity contribution < 1.29 is 22.7 Å². The molecule has 1 aliphatic rings. The lowest BCUT2D eigenvalue weighted by molar-refractivity contribution is -0.135. The largest absolute Gasteiger partial charge is 0.465 e. The van der Waals surface area contributed by atoms with Crippen molar-refractivity contribution >= 4 is 33.5 Å². The summed E-state index contributed by atoms with van der Waals surface area (Å²) < 4.78 is 32.9. The van der Waals surface area contributed by atoms with Crippen molar-refractivity contribution in [3.63, 3.8) is 0 Å². The summed E-state index contributed by atoms with van der Waals surface area (Å²) in [5.74, 6) is -1.28. The van der Waals surface area contributed by atoms with Crippen LogP contribution in [0.5, 0.6) is 0 Å². The summed E-state index contributed by atoms with van der Waals surface area (Å²) in [6.07, 6.45) is 1.05. The maximum atomic E-state index is 12.1. The molecule has 0 aliphatic carbocycles. The number of hydrogen-bond donors (Lipinski definition) is 1. The molecule has 24 heavy (non-hydrogen) atoms. The number of aryl methyl sites for hydroxylation is 1. The average molecular weight is 351 g/mol. The zero-order valence-corrected chi connectivity index (χ0v) is 14.3. The minimum absolute atomic E-state index is 0.0113. The number of benzene rings is 1. The number of ether oxygens (including phenoxy) is 1. The molecule has 8 nitrogen and oxygen atoms in total. The van der Waals surface area contributed by atoms with E-state index in [0.29, 0.717) is 9.99 Å². The first-order valence-corrected chi connectivity index (χ1v) is 8.38. The Bertz CT molecular complexity index is 842. The van der Waals surface area contributed by atoms with Gasteiger partial charge in [0.1, 0.15) is 6.54 Å². The summed E-state index contributed by atoms with van der Waals surface area (Å²) in [7, 11) is -2.89. The van der Waals surface area contributed by atoms with E-state index in [1.165, 1.54) is 14.0 Å². The van der Waals surface area contributed by atoms with Crippen LogP contribution in [-0.4, -0.2) is 44.0 Å². The molecule has 1 N–H and O–H groups in total. The molecule has 0 atom stereocenters. The number of nitrogens with zero attached hydrogens (tertiary/aromatic N) is 2. The van der Waals surface area contributed by atoms with Gasteiger partial charge < -0.3 is 10.1 Å². The number of rotatable bonds is 4. The molecule has 0 saturated carbocycles. The molecule has 128 valence electrons. The van der Waals surface area contributed by atoms with Gasteiger partial charge in [-0.15, -0.1) is 4.40 Å². The second-order valence-electron chi connectivity index (χ2n) is 5.15. The van der Waals surface area contributed by atoms with Gasteiger partial charge in [-0.05, 0) is 31.5 Å².